The monoisotopic (exact) mass is 411 g/mol. The highest BCUT2D eigenvalue weighted by atomic mass is 32.2. The lowest BCUT2D eigenvalue weighted by molar-refractivity contribution is 0.0686. The Kier molecular flexibility index (Phi) is 4.73. The van der Waals surface area contributed by atoms with Crippen LogP contribution in [-0.2, 0) is 10.0 Å². The SMILES string of the molecule is Cc1ccnc2nc(C(=O)N3CCN(S(=O)(=O)c4ccccc4C#N)CC3)nn12. The molecule has 10 nitrogen and oxygen atoms in total. The van der Waals surface area contributed by atoms with Crippen molar-refractivity contribution >= 4 is 21.7 Å². The zero-order chi connectivity index (χ0) is 20.6. The summed E-state index contributed by atoms with van der Waals surface area (Å²) in [5, 5.41) is 13.4. The number of carbonyl (C=O) groups excluding carboxylic acids is 1. The number of sulfonamides is 1. The van der Waals surface area contributed by atoms with Crippen LogP contribution >= 0.6 is 0 Å². The van der Waals surface area contributed by atoms with E-state index in [9.17, 15) is 18.5 Å². The molecule has 0 radical (unpaired) electrons. The van der Waals surface area contributed by atoms with Gasteiger partial charge in [-0.15, -0.1) is 5.10 Å². The number of fused-ring (bicyclic) bond motifs is 1. The second-order valence-electron chi connectivity index (χ2n) is 6.54. The van der Waals surface area contributed by atoms with E-state index in [1.54, 1.807) is 24.4 Å². The summed E-state index contributed by atoms with van der Waals surface area (Å²) in [5.41, 5.74) is 0.899. The van der Waals surface area contributed by atoms with E-state index in [1.165, 1.54) is 25.9 Å². The van der Waals surface area contributed by atoms with Crippen molar-refractivity contribution in [3.63, 3.8) is 0 Å². The first-order valence-corrected chi connectivity index (χ1v) is 10.3. The number of nitrogens with zero attached hydrogens (tertiary/aromatic N) is 7. The fourth-order valence-electron chi connectivity index (χ4n) is 3.19. The molecule has 3 heterocycles. The number of aryl methyl sites for hydroxylation is 1. The second-order valence-corrected chi connectivity index (χ2v) is 8.44. The van der Waals surface area contributed by atoms with Gasteiger partial charge in [0.15, 0.2) is 0 Å². The highest BCUT2D eigenvalue weighted by Crippen LogP contribution is 2.21. The Bertz CT molecular complexity index is 1240. The van der Waals surface area contributed by atoms with Crippen LogP contribution in [-0.4, -0.2) is 69.3 Å². The van der Waals surface area contributed by atoms with Gasteiger partial charge in [-0.25, -0.2) is 17.9 Å². The average molecular weight is 411 g/mol. The van der Waals surface area contributed by atoms with Crippen molar-refractivity contribution in [3.8, 4) is 6.07 Å². The number of aromatic nitrogens is 4. The number of hydrogen-bond acceptors (Lipinski definition) is 7. The van der Waals surface area contributed by atoms with E-state index < -0.39 is 10.0 Å². The molecule has 0 aliphatic carbocycles. The molecule has 3 aromatic rings. The number of carbonyl (C=O) groups is 1. The molecule has 0 spiro atoms. The Labute approximate surface area is 167 Å². The predicted octanol–water partition coefficient (Wildman–Crippen LogP) is 0.451. The first-order valence-electron chi connectivity index (χ1n) is 8.89. The third-order valence-corrected chi connectivity index (χ3v) is 6.73. The Morgan fingerprint density at radius 3 is 2.55 bits per heavy atom. The summed E-state index contributed by atoms with van der Waals surface area (Å²) in [5.74, 6) is -0.00928. The molecule has 0 unspecified atom stereocenters. The van der Waals surface area contributed by atoms with Gasteiger partial charge < -0.3 is 4.90 Å². The Morgan fingerprint density at radius 2 is 1.86 bits per heavy atom. The Morgan fingerprint density at radius 1 is 1.14 bits per heavy atom. The van der Waals surface area contributed by atoms with Crippen LogP contribution in [0.1, 0.15) is 21.9 Å². The minimum atomic E-state index is -3.82. The number of hydrogen-bond donors (Lipinski definition) is 0. The molecule has 0 saturated carbocycles. The van der Waals surface area contributed by atoms with Gasteiger partial charge in [0.25, 0.3) is 11.7 Å². The standard InChI is InChI=1S/C18H17N7O3S/c1-13-6-7-20-18-21-16(22-25(13)18)17(26)23-8-10-24(11-9-23)29(27,28)15-5-3-2-4-14(15)12-19/h2-7H,8-11H2,1H3. The van der Waals surface area contributed by atoms with Crippen LogP contribution in [0.2, 0.25) is 0 Å². The summed E-state index contributed by atoms with van der Waals surface area (Å²) >= 11 is 0. The maximum atomic E-state index is 12.9. The van der Waals surface area contributed by atoms with Crippen LogP contribution < -0.4 is 0 Å². The molecule has 1 aromatic carbocycles. The lowest BCUT2D eigenvalue weighted by atomic mass is 10.2. The van der Waals surface area contributed by atoms with Crippen LogP contribution in [0.25, 0.3) is 5.78 Å². The summed E-state index contributed by atoms with van der Waals surface area (Å²) in [6, 6.07) is 9.76. The maximum absolute atomic E-state index is 12.9. The van der Waals surface area contributed by atoms with E-state index in [0.717, 1.165) is 5.69 Å². The van der Waals surface area contributed by atoms with Gasteiger partial charge in [0, 0.05) is 38.1 Å². The molecular formula is C18H17N7O3S. The summed E-state index contributed by atoms with van der Waals surface area (Å²) < 4.78 is 28.6. The first-order chi connectivity index (χ1) is 13.9. The van der Waals surface area contributed by atoms with Gasteiger partial charge in [-0.1, -0.05) is 12.1 Å². The van der Waals surface area contributed by atoms with Crippen molar-refractivity contribution in [2.45, 2.75) is 11.8 Å². The number of amides is 1. The van der Waals surface area contributed by atoms with E-state index in [-0.39, 0.29) is 48.4 Å². The van der Waals surface area contributed by atoms with Crippen molar-refractivity contribution in [2.75, 3.05) is 26.2 Å². The normalized spacial score (nSPS) is 15.4. The zero-order valence-electron chi connectivity index (χ0n) is 15.6. The van der Waals surface area contributed by atoms with Crippen molar-refractivity contribution < 1.29 is 13.2 Å². The topological polar surface area (TPSA) is 125 Å². The quantitative estimate of drug-likeness (QED) is 0.613. The van der Waals surface area contributed by atoms with Crippen LogP contribution in [0.3, 0.4) is 0 Å². The summed E-state index contributed by atoms with van der Waals surface area (Å²) in [4.78, 5) is 22.5. The third-order valence-electron chi connectivity index (χ3n) is 4.77. The molecule has 2 aromatic heterocycles. The lowest BCUT2D eigenvalue weighted by Gasteiger charge is -2.33. The van der Waals surface area contributed by atoms with Gasteiger partial charge in [0.2, 0.25) is 15.8 Å². The van der Waals surface area contributed by atoms with Gasteiger partial charge in [0.05, 0.1) is 10.5 Å². The summed E-state index contributed by atoms with van der Waals surface area (Å²) in [6.45, 7) is 2.49. The molecule has 0 atom stereocenters. The lowest BCUT2D eigenvalue weighted by Crippen LogP contribution is -2.50. The van der Waals surface area contributed by atoms with E-state index >= 15 is 0 Å². The minimum Gasteiger partial charge on any atom is -0.333 e. The van der Waals surface area contributed by atoms with E-state index in [2.05, 4.69) is 15.1 Å². The van der Waals surface area contributed by atoms with Gasteiger partial charge >= 0.3 is 0 Å². The molecular weight excluding hydrogens is 394 g/mol. The predicted molar refractivity (Wildman–Crippen MR) is 101 cm³/mol. The highest BCUT2D eigenvalue weighted by Gasteiger charge is 2.32. The maximum Gasteiger partial charge on any atom is 0.293 e. The van der Waals surface area contributed by atoms with Crippen molar-refractivity contribution in [1.29, 1.82) is 5.26 Å². The van der Waals surface area contributed by atoms with Crippen molar-refractivity contribution in [1.82, 2.24) is 28.8 Å². The van der Waals surface area contributed by atoms with E-state index in [0.29, 0.717) is 5.78 Å². The molecule has 0 bridgehead atoms. The average Bonchev–Trinajstić information content (AvgIpc) is 3.19. The summed E-state index contributed by atoms with van der Waals surface area (Å²) in [6.07, 6.45) is 1.59. The van der Waals surface area contributed by atoms with Gasteiger partial charge in [-0.3, -0.25) is 4.79 Å². The first kappa shape index (κ1) is 19.0. The fourth-order valence-corrected chi connectivity index (χ4v) is 4.76. The molecule has 1 aliphatic heterocycles. The van der Waals surface area contributed by atoms with Crippen molar-refractivity contribution in [2.24, 2.45) is 0 Å². The van der Waals surface area contributed by atoms with E-state index in [1.807, 2.05) is 13.0 Å². The number of benzene rings is 1. The zero-order valence-corrected chi connectivity index (χ0v) is 16.4. The Balaban J connectivity index is 1.51. The largest absolute Gasteiger partial charge is 0.333 e. The molecule has 4 rings (SSSR count). The van der Waals surface area contributed by atoms with Gasteiger partial charge in [0.1, 0.15) is 6.07 Å². The highest BCUT2D eigenvalue weighted by molar-refractivity contribution is 7.89. The van der Waals surface area contributed by atoms with Crippen LogP contribution in [0.5, 0.6) is 0 Å². The van der Waals surface area contributed by atoms with Gasteiger partial charge in [-0.2, -0.15) is 14.6 Å². The number of nitriles is 1. The van der Waals surface area contributed by atoms with Crippen LogP contribution in [0.4, 0.5) is 0 Å². The smallest absolute Gasteiger partial charge is 0.293 e. The van der Waals surface area contributed by atoms with Crippen molar-refractivity contribution in [3.05, 3.63) is 53.6 Å². The second kappa shape index (κ2) is 7.23. The molecule has 1 fully saturated rings. The van der Waals surface area contributed by atoms with Crippen LogP contribution in [0, 0.1) is 18.3 Å². The molecule has 1 aliphatic rings. The van der Waals surface area contributed by atoms with Crippen LogP contribution in [0.15, 0.2) is 41.4 Å². The molecule has 1 amide bonds. The molecule has 148 valence electrons. The fraction of sp³-hybridized carbons (Fsp3) is 0.278. The molecule has 11 heteroatoms. The van der Waals surface area contributed by atoms with Gasteiger partial charge in [-0.05, 0) is 25.1 Å². The molecule has 0 N–H and O–H groups in total. The molecule has 29 heavy (non-hydrogen) atoms. The minimum absolute atomic E-state index is 0.0224. The third kappa shape index (κ3) is 3.32. The number of piperazine rings is 1. The summed E-state index contributed by atoms with van der Waals surface area (Å²) in [7, 11) is -3.82. The molecule has 1 saturated heterocycles. The Hall–Kier alpha value is -3.36. The van der Waals surface area contributed by atoms with E-state index in [4.69, 9.17) is 0 Å². The number of rotatable bonds is 3.